The maximum absolute atomic E-state index is 12.8. The molecule has 1 aliphatic carbocycles. The molecule has 1 aromatic carbocycles. The number of fused-ring (bicyclic) bond motifs is 2. The molecular formula is C24H24N6O3. The molecule has 1 fully saturated rings. The number of hydrogen-bond donors (Lipinski definition) is 1. The van der Waals surface area contributed by atoms with E-state index in [0.717, 1.165) is 53.7 Å². The van der Waals surface area contributed by atoms with Crippen molar-refractivity contribution in [2.45, 2.75) is 44.7 Å². The zero-order valence-electron chi connectivity index (χ0n) is 18.5. The molecular weight excluding hydrogens is 420 g/mol. The first-order valence-electron chi connectivity index (χ1n) is 11.1. The maximum Gasteiger partial charge on any atom is 0.331 e. The summed E-state index contributed by atoms with van der Waals surface area (Å²) in [7, 11) is 2.10. The topological polar surface area (TPSA) is 98.3 Å². The number of ether oxygens (including phenoxy) is 1. The van der Waals surface area contributed by atoms with Crippen molar-refractivity contribution >= 4 is 22.8 Å². The van der Waals surface area contributed by atoms with Crippen molar-refractivity contribution in [3.05, 3.63) is 59.9 Å². The first-order valence-corrected chi connectivity index (χ1v) is 11.1. The lowest BCUT2D eigenvalue weighted by Crippen LogP contribution is -2.35. The van der Waals surface area contributed by atoms with Crippen LogP contribution < -0.4 is 10.1 Å². The largest absolute Gasteiger partial charge is 0.439 e. The van der Waals surface area contributed by atoms with Crippen LogP contribution in [0.2, 0.25) is 0 Å². The van der Waals surface area contributed by atoms with Gasteiger partial charge in [-0.3, -0.25) is 14.8 Å². The SMILES string of the molecule is C[C@H]1Cc2c(ncnc2Oc2ccc3c(ccn3C(=O)Nc3cc(C4CC4)on3)c2)CN1C. The van der Waals surface area contributed by atoms with Crippen molar-refractivity contribution in [2.75, 3.05) is 12.4 Å². The molecule has 3 aromatic heterocycles. The number of anilines is 1. The Balaban J connectivity index is 1.22. The maximum atomic E-state index is 12.8. The van der Waals surface area contributed by atoms with Crippen LogP contribution in [0.4, 0.5) is 10.6 Å². The van der Waals surface area contributed by atoms with E-state index < -0.39 is 0 Å². The highest BCUT2D eigenvalue weighted by atomic mass is 16.5. The Bertz CT molecular complexity index is 1360. The fourth-order valence-corrected chi connectivity index (χ4v) is 4.25. The molecule has 1 atom stereocenters. The van der Waals surface area contributed by atoms with Gasteiger partial charge in [-0.15, -0.1) is 0 Å². The highest BCUT2D eigenvalue weighted by Crippen LogP contribution is 2.40. The van der Waals surface area contributed by atoms with Crippen molar-refractivity contribution in [1.82, 2.24) is 24.6 Å². The molecule has 0 bridgehead atoms. The van der Waals surface area contributed by atoms with Crippen LogP contribution in [-0.2, 0) is 13.0 Å². The predicted octanol–water partition coefficient (Wildman–Crippen LogP) is 4.55. The van der Waals surface area contributed by atoms with Gasteiger partial charge in [0.05, 0.1) is 11.2 Å². The van der Waals surface area contributed by atoms with Gasteiger partial charge in [-0.25, -0.2) is 14.8 Å². The van der Waals surface area contributed by atoms with Gasteiger partial charge in [0.2, 0.25) is 5.88 Å². The zero-order valence-corrected chi connectivity index (χ0v) is 18.5. The first kappa shape index (κ1) is 19.9. The van der Waals surface area contributed by atoms with E-state index in [9.17, 15) is 4.79 Å². The molecule has 1 amide bonds. The van der Waals surface area contributed by atoms with Crippen LogP contribution in [-0.4, -0.2) is 43.7 Å². The fraction of sp³-hybridized carbons (Fsp3) is 0.333. The van der Waals surface area contributed by atoms with E-state index in [4.69, 9.17) is 9.26 Å². The number of carbonyl (C=O) groups excluding carboxylic acids is 1. The molecule has 168 valence electrons. The van der Waals surface area contributed by atoms with Crippen LogP contribution >= 0.6 is 0 Å². The molecule has 9 nitrogen and oxygen atoms in total. The summed E-state index contributed by atoms with van der Waals surface area (Å²) >= 11 is 0. The van der Waals surface area contributed by atoms with Crippen molar-refractivity contribution in [3.63, 3.8) is 0 Å². The fourth-order valence-electron chi connectivity index (χ4n) is 4.25. The lowest BCUT2D eigenvalue weighted by Gasteiger charge is -2.31. The summed E-state index contributed by atoms with van der Waals surface area (Å²) in [5.74, 6) is 2.96. The molecule has 1 N–H and O–H groups in total. The smallest absolute Gasteiger partial charge is 0.331 e. The van der Waals surface area contributed by atoms with Gasteiger partial charge in [0.1, 0.15) is 17.8 Å². The lowest BCUT2D eigenvalue weighted by atomic mass is 10.0. The number of nitrogens with zero attached hydrogens (tertiary/aromatic N) is 5. The van der Waals surface area contributed by atoms with Gasteiger partial charge >= 0.3 is 6.03 Å². The van der Waals surface area contributed by atoms with Crippen molar-refractivity contribution < 1.29 is 14.1 Å². The molecule has 0 radical (unpaired) electrons. The summed E-state index contributed by atoms with van der Waals surface area (Å²) in [5.41, 5.74) is 2.83. The Morgan fingerprint density at radius 3 is 2.94 bits per heavy atom. The highest BCUT2D eigenvalue weighted by molar-refractivity contribution is 5.98. The molecule has 4 heterocycles. The third-order valence-electron chi connectivity index (χ3n) is 6.48. The summed E-state index contributed by atoms with van der Waals surface area (Å²) in [4.78, 5) is 23.9. The summed E-state index contributed by atoms with van der Waals surface area (Å²) in [6, 6.07) is 9.41. The number of likely N-dealkylation sites (N-methyl/N-ethyl adjacent to an activating group) is 1. The third kappa shape index (κ3) is 3.74. The number of aromatic nitrogens is 4. The Morgan fingerprint density at radius 2 is 2.09 bits per heavy atom. The quantitative estimate of drug-likeness (QED) is 0.493. The molecule has 0 spiro atoms. The molecule has 33 heavy (non-hydrogen) atoms. The van der Waals surface area contributed by atoms with Crippen LogP contribution in [0.25, 0.3) is 10.9 Å². The molecule has 2 aliphatic rings. The first-order chi connectivity index (χ1) is 16.0. The average molecular weight is 444 g/mol. The van der Waals surface area contributed by atoms with Crippen molar-refractivity contribution in [2.24, 2.45) is 0 Å². The molecule has 1 saturated carbocycles. The van der Waals surface area contributed by atoms with Crippen LogP contribution in [0.3, 0.4) is 0 Å². The summed E-state index contributed by atoms with van der Waals surface area (Å²) in [5, 5.41) is 7.65. The van der Waals surface area contributed by atoms with Crippen LogP contribution in [0.15, 0.2) is 47.4 Å². The van der Waals surface area contributed by atoms with E-state index in [2.05, 4.69) is 39.3 Å². The highest BCUT2D eigenvalue weighted by Gasteiger charge is 2.28. The second-order valence-electron chi connectivity index (χ2n) is 8.90. The van der Waals surface area contributed by atoms with E-state index in [1.54, 1.807) is 23.2 Å². The number of benzene rings is 1. The molecule has 0 saturated heterocycles. The molecule has 4 aromatic rings. The van der Waals surface area contributed by atoms with Crippen LogP contribution in [0.5, 0.6) is 11.6 Å². The standard InChI is InChI=1S/C24H24N6O3/c1-14-9-18-19(12-29(14)2)25-13-26-23(18)32-17-5-6-20-16(10-17)7-8-30(20)24(31)27-22-11-21(33-28-22)15-3-4-15/h5-8,10-11,13-15H,3-4,9,12H2,1-2H3,(H,27,28,31)/t14-/m0/s1. The lowest BCUT2D eigenvalue weighted by molar-refractivity contribution is 0.224. The number of carbonyl (C=O) groups is 1. The Morgan fingerprint density at radius 1 is 1.21 bits per heavy atom. The monoisotopic (exact) mass is 444 g/mol. The number of rotatable bonds is 4. The van der Waals surface area contributed by atoms with E-state index in [1.807, 2.05) is 24.3 Å². The number of amides is 1. The summed E-state index contributed by atoms with van der Waals surface area (Å²) in [6.45, 7) is 2.96. The van der Waals surface area contributed by atoms with Crippen molar-refractivity contribution in [3.8, 4) is 11.6 Å². The van der Waals surface area contributed by atoms with Gasteiger partial charge in [0.15, 0.2) is 5.82 Å². The van der Waals surface area contributed by atoms with Crippen LogP contribution in [0.1, 0.15) is 42.7 Å². The van der Waals surface area contributed by atoms with Gasteiger partial charge in [0, 0.05) is 41.7 Å². The van der Waals surface area contributed by atoms with E-state index in [1.165, 1.54) is 0 Å². The minimum Gasteiger partial charge on any atom is -0.439 e. The Hall–Kier alpha value is -3.72. The van der Waals surface area contributed by atoms with Gasteiger partial charge in [-0.2, -0.15) is 0 Å². The number of nitrogens with one attached hydrogen (secondary N) is 1. The molecule has 0 unspecified atom stereocenters. The Labute approximate surface area is 190 Å². The van der Waals surface area contributed by atoms with Gasteiger partial charge in [0.25, 0.3) is 0 Å². The van der Waals surface area contributed by atoms with E-state index in [-0.39, 0.29) is 6.03 Å². The predicted molar refractivity (Wildman–Crippen MR) is 122 cm³/mol. The molecule has 9 heteroatoms. The van der Waals surface area contributed by atoms with Crippen LogP contribution in [0, 0.1) is 0 Å². The zero-order chi connectivity index (χ0) is 22.5. The third-order valence-corrected chi connectivity index (χ3v) is 6.48. The molecule has 6 rings (SSSR count). The summed E-state index contributed by atoms with van der Waals surface area (Å²) in [6.07, 6.45) is 6.35. The van der Waals surface area contributed by atoms with Crippen molar-refractivity contribution in [1.29, 1.82) is 0 Å². The minimum atomic E-state index is -0.294. The van der Waals surface area contributed by atoms with Gasteiger partial charge in [-0.1, -0.05) is 5.16 Å². The second-order valence-corrected chi connectivity index (χ2v) is 8.90. The average Bonchev–Trinajstić information content (AvgIpc) is 3.40. The van der Waals surface area contributed by atoms with E-state index in [0.29, 0.717) is 29.4 Å². The minimum absolute atomic E-state index is 0.294. The van der Waals surface area contributed by atoms with Gasteiger partial charge in [-0.05, 0) is 57.5 Å². The normalized spacial score (nSPS) is 18.3. The number of hydrogen-bond acceptors (Lipinski definition) is 7. The molecule has 1 aliphatic heterocycles. The van der Waals surface area contributed by atoms with Gasteiger partial charge < -0.3 is 9.26 Å². The summed E-state index contributed by atoms with van der Waals surface area (Å²) < 4.78 is 13.0. The second kappa shape index (κ2) is 7.70. The van der Waals surface area contributed by atoms with E-state index >= 15 is 0 Å². The Kier molecular flexibility index (Phi) is 4.65.